The number of rotatable bonds is 1. The first-order valence-corrected chi connectivity index (χ1v) is 3.56. The Bertz CT molecular complexity index is 220. The van der Waals surface area contributed by atoms with E-state index in [9.17, 15) is 0 Å². The monoisotopic (exact) mass is 133 g/mol. The van der Waals surface area contributed by atoms with Crippen molar-refractivity contribution >= 4 is 12.5 Å². The van der Waals surface area contributed by atoms with Crippen LogP contribution in [0.1, 0.15) is 25.3 Å². The van der Waals surface area contributed by atoms with E-state index >= 15 is 0 Å². The summed E-state index contributed by atoms with van der Waals surface area (Å²) < 4.78 is 0. The molecule has 0 aliphatic rings. The molecule has 0 aliphatic heterocycles. The molecule has 0 saturated heterocycles. The van der Waals surface area contributed by atoms with E-state index in [0.29, 0.717) is 5.92 Å². The number of nitrogens with two attached hydrogens (primary N) is 1. The molecule has 0 amide bonds. The summed E-state index contributed by atoms with van der Waals surface area (Å²) in [5, 5.41) is 0. The molecule has 0 unspecified atom stereocenters. The summed E-state index contributed by atoms with van der Waals surface area (Å²) in [4.78, 5) is 0. The first-order chi connectivity index (χ1) is 4.72. The van der Waals surface area contributed by atoms with Crippen molar-refractivity contribution in [2.45, 2.75) is 19.8 Å². The minimum absolute atomic E-state index is 0.529. The van der Waals surface area contributed by atoms with Crippen molar-refractivity contribution < 1.29 is 0 Å². The molecule has 0 saturated carbocycles. The molecule has 1 heterocycles. The van der Waals surface area contributed by atoms with E-state index in [1.165, 1.54) is 5.56 Å². The van der Waals surface area contributed by atoms with Crippen LogP contribution in [0.3, 0.4) is 0 Å². The molecule has 0 aliphatic carbocycles. The average molecular weight is 133 g/mol. The van der Waals surface area contributed by atoms with Gasteiger partial charge >= 0.3 is 61.6 Å². The fourth-order valence-corrected chi connectivity index (χ4v) is 1.04. The van der Waals surface area contributed by atoms with Crippen LogP contribution < -0.4 is 5.73 Å². The third-order valence-corrected chi connectivity index (χ3v) is 1.62. The standard InChI is InChI=1S/C8H12BN/c1-6(2)7-4-3-5-9-8(7)10/h3-6H,10H2,1-2H3. The Balaban J connectivity index is 3.03. The molecule has 1 aromatic heterocycles. The predicted molar refractivity (Wildman–Crippen MR) is 46.3 cm³/mol. The van der Waals surface area contributed by atoms with Gasteiger partial charge in [0.15, 0.2) is 0 Å². The van der Waals surface area contributed by atoms with Crippen molar-refractivity contribution in [3.63, 3.8) is 0 Å². The van der Waals surface area contributed by atoms with E-state index in [1.807, 2.05) is 18.9 Å². The van der Waals surface area contributed by atoms with E-state index in [1.54, 1.807) is 0 Å². The van der Waals surface area contributed by atoms with Gasteiger partial charge in [0.05, 0.1) is 0 Å². The molecule has 0 spiro atoms. The molecular formula is C8H12BN. The first-order valence-electron chi connectivity index (χ1n) is 3.56. The minimum atomic E-state index is 0.529. The quantitative estimate of drug-likeness (QED) is 0.620. The van der Waals surface area contributed by atoms with Gasteiger partial charge in [-0.2, -0.15) is 0 Å². The van der Waals surface area contributed by atoms with Crippen molar-refractivity contribution in [3.05, 3.63) is 23.7 Å². The maximum absolute atomic E-state index is 5.72. The maximum atomic E-state index is 5.72. The van der Waals surface area contributed by atoms with Gasteiger partial charge in [0.25, 0.3) is 0 Å². The van der Waals surface area contributed by atoms with E-state index < -0.39 is 0 Å². The Labute approximate surface area is 62.5 Å². The Hall–Kier alpha value is -0.785. The number of anilines is 1. The Morgan fingerprint density at radius 1 is 1.50 bits per heavy atom. The summed E-state index contributed by atoms with van der Waals surface area (Å²) >= 11 is 0. The number of hydrogen-bond donors (Lipinski definition) is 1. The normalized spacial score (nSPS) is 9.90. The van der Waals surface area contributed by atoms with Crippen molar-refractivity contribution in [1.82, 2.24) is 0 Å². The third kappa shape index (κ3) is 1.38. The summed E-state index contributed by atoms with van der Waals surface area (Å²) in [5.74, 6) is 2.49. The molecule has 1 nitrogen and oxygen atoms in total. The molecule has 10 heavy (non-hydrogen) atoms. The second-order valence-corrected chi connectivity index (χ2v) is 2.78. The molecule has 2 heteroatoms. The van der Waals surface area contributed by atoms with E-state index in [2.05, 4.69) is 19.9 Å². The van der Waals surface area contributed by atoms with Crippen molar-refractivity contribution in [2.24, 2.45) is 0 Å². The molecule has 0 radical (unpaired) electrons. The average Bonchev–Trinajstić information content (AvgIpc) is 1.88. The van der Waals surface area contributed by atoms with Crippen molar-refractivity contribution in [2.75, 3.05) is 5.73 Å². The molecule has 0 bridgehead atoms. The van der Waals surface area contributed by atoms with Gasteiger partial charge in [-0.1, -0.05) is 0 Å². The van der Waals surface area contributed by atoms with Gasteiger partial charge in [0.2, 0.25) is 0 Å². The molecule has 2 N–H and O–H groups in total. The summed E-state index contributed by atoms with van der Waals surface area (Å²) in [6.45, 7) is 6.23. The SMILES string of the molecule is CC(C)c1cccbc1N. The number of hydrogen-bond acceptors (Lipinski definition) is 1. The van der Waals surface area contributed by atoms with E-state index in [4.69, 9.17) is 5.73 Å². The summed E-state index contributed by atoms with van der Waals surface area (Å²) in [6, 6.07) is 4.09. The molecule has 0 fully saturated rings. The Morgan fingerprint density at radius 3 is 2.60 bits per heavy atom. The molecule has 1 aromatic rings. The van der Waals surface area contributed by atoms with Crippen LogP contribution >= 0.6 is 0 Å². The Kier molecular flexibility index (Phi) is 2.10. The van der Waals surface area contributed by atoms with E-state index in [-0.39, 0.29) is 0 Å². The zero-order valence-electron chi connectivity index (χ0n) is 6.46. The zero-order chi connectivity index (χ0) is 7.56. The van der Waals surface area contributed by atoms with Crippen molar-refractivity contribution in [1.29, 1.82) is 0 Å². The van der Waals surface area contributed by atoms with Crippen LogP contribution in [0, 0.1) is 0 Å². The van der Waals surface area contributed by atoms with Crippen LogP contribution in [0.25, 0.3) is 0 Å². The molecular weight excluding hydrogens is 121 g/mol. The second kappa shape index (κ2) is 2.87. The van der Waals surface area contributed by atoms with Crippen LogP contribution in [-0.2, 0) is 0 Å². The van der Waals surface area contributed by atoms with Crippen LogP contribution in [0.2, 0.25) is 0 Å². The number of nitrogen functional groups attached to an aromatic ring is 1. The second-order valence-electron chi connectivity index (χ2n) is 2.78. The van der Waals surface area contributed by atoms with Crippen molar-refractivity contribution in [3.8, 4) is 0 Å². The Morgan fingerprint density at radius 2 is 2.20 bits per heavy atom. The molecule has 0 atom stereocenters. The molecule has 1 rings (SSSR count). The van der Waals surface area contributed by atoms with Gasteiger partial charge in [0.1, 0.15) is 0 Å². The molecule has 52 valence electrons. The van der Waals surface area contributed by atoms with Gasteiger partial charge in [-0.15, -0.1) is 0 Å². The van der Waals surface area contributed by atoms with E-state index in [0.717, 1.165) is 5.58 Å². The van der Waals surface area contributed by atoms with Gasteiger partial charge in [-0.3, -0.25) is 0 Å². The fraction of sp³-hybridized carbons (Fsp3) is 0.375. The van der Waals surface area contributed by atoms with Gasteiger partial charge in [-0.25, -0.2) is 0 Å². The van der Waals surface area contributed by atoms with Gasteiger partial charge < -0.3 is 0 Å². The summed E-state index contributed by atoms with van der Waals surface area (Å²) in [6.07, 6.45) is 0. The predicted octanol–water partition coefficient (Wildman–Crippen LogP) is 1.73. The van der Waals surface area contributed by atoms with Gasteiger partial charge in [0, 0.05) is 0 Å². The molecule has 0 aromatic carbocycles. The van der Waals surface area contributed by atoms with Gasteiger partial charge in [-0.05, 0) is 0 Å². The third-order valence-electron chi connectivity index (χ3n) is 1.62. The first kappa shape index (κ1) is 7.32. The topological polar surface area (TPSA) is 26.0 Å². The summed E-state index contributed by atoms with van der Waals surface area (Å²) in [7, 11) is 0. The summed E-state index contributed by atoms with van der Waals surface area (Å²) in [5.41, 5.74) is 7.86. The van der Waals surface area contributed by atoms with Crippen LogP contribution in [0.5, 0.6) is 0 Å². The van der Waals surface area contributed by atoms with Crippen LogP contribution in [0.15, 0.2) is 18.1 Å². The zero-order valence-corrected chi connectivity index (χ0v) is 6.46. The van der Waals surface area contributed by atoms with Crippen LogP contribution in [-0.4, -0.2) is 6.91 Å². The fourth-order valence-electron chi connectivity index (χ4n) is 1.04. The van der Waals surface area contributed by atoms with Crippen LogP contribution in [0.4, 0.5) is 5.58 Å².